The molecule has 0 aromatic carbocycles. The number of urea groups is 1. The highest BCUT2D eigenvalue weighted by Gasteiger charge is 2.37. The first kappa shape index (κ1) is 18.2. The molecule has 0 radical (unpaired) electrons. The molecule has 1 aliphatic heterocycles. The number of ether oxygens (including phenoxy) is 1. The lowest BCUT2D eigenvalue weighted by atomic mass is 9.81. The molecule has 0 bridgehead atoms. The van der Waals surface area contributed by atoms with Gasteiger partial charge >= 0.3 is 6.03 Å². The van der Waals surface area contributed by atoms with Crippen molar-refractivity contribution in [2.45, 2.75) is 45.8 Å². The molecule has 2 rings (SSSR count). The van der Waals surface area contributed by atoms with Crippen molar-refractivity contribution in [1.29, 1.82) is 0 Å². The molecule has 1 aliphatic rings. The summed E-state index contributed by atoms with van der Waals surface area (Å²) in [5, 5.41) is 19.9. The number of amides is 2. The Hall–Kier alpha value is -1.11. The zero-order valence-electron chi connectivity index (χ0n) is 14.4. The summed E-state index contributed by atoms with van der Waals surface area (Å²) in [6.45, 7) is 9.71. The van der Waals surface area contributed by atoms with E-state index in [-0.39, 0.29) is 24.1 Å². The predicted octanol–water partition coefficient (Wildman–Crippen LogP) is 2.71. The first-order valence-corrected chi connectivity index (χ1v) is 9.03. The van der Waals surface area contributed by atoms with Gasteiger partial charge in [-0.2, -0.15) is 11.3 Å². The predicted molar refractivity (Wildman–Crippen MR) is 92.6 cm³/mol. The smallest absolute Gasteiger partial charge is 0.314 e. The molecule has 1 aromatic heterocycles. The third kappa shape index (κ3) is 4.93. The number of aliphatic hydroxyl groups is 1. The van der Waals surface area contributed by atoms with E-state index in [0.717, 1.165) is 18.6 Å². The van der Waals surface area contributed by atoms with E-state index in [9.17, 15) is 9.90 Å². The molecule has 3 atom stereocenters. The zero-order chi connectivity index (χ0) is 17.1. The van der Waals surface area contributed by atoms with Crippen LogP contribution in [0.3, 0.4) is 0 Å². The average molecular weight is 340 g/mol. The molecule has 0 aliphatic carbocycles. The lowest BCUT2D eigenvalue weighted by Crippen LogP contribution is -2.46. The molecule has 0 saturated carbocycles. The maximum Gasteiger partial charge on any atom is 0.314 e. The first-order valence-electron chi connectivity index (χ1n) is 8.08. The number of carbonyl (C=O) groups excluding carboxylic acids is 1. The van der Waals surface area contributed by atoms with Crippen molar-refractivity contribution in [3.63, 3.8) is 0 Å². The fraction of sp³-hybridized carbons (Fsp3) is 0.706. The van der Waals surface area contributed by atoms with Crippen molar-refractivity contribution in [1.82, 2.24) is 10.6 Å². The van der Waals surface area contributed by atoms with Crippen molar-refractivity contribution >= 4 is 17.4 Å². The molecule has 1 fully saturated rings. The second-order valence-corrected chi connectivity index (χ2v) is 8.34. The number of thiophene rings is 1. The Bertz CT molecular complexity index is 508. The number of nitrogens with one attached hydrogen (secondary N) is 2. The van der Waals surface area contributed by atoms with Gasteiger partial charge in [0.1, 0.15) is 5.60 Å². The number of hydrogen-bond donors (Lipinski definition) is 3. The molecule has 6 heteroatoms. The van der Waals surface area contributed by atoms with Crippen molar-refractivity contribution < 1.29 is 14.6 Å². The molecule has 3 N–H and O–H groups in total. The van der Waals surface area contributed by atoms with Gasteiger partial charge in [-0.25, -0.2) is 4.79 Å². The van der Waals surface area contributed by atoms with Crippen LogP contribution in [-0.4, -0.2) is 36.9 Å². The summed E-state index contributed by atoms with van der Waals surface area (Å²) in [7, 11) is 0. The first-order chi connectivity index (χ1) is 10.7. The molecule has 1 saturated heterocycles. The number of carbonyl (C=O) groups is 1. The van der Waals surface area contributed by atoms with Crippen molar-refractivity contribution in [2.75, 3.05) is 19.7 Å². The van der Waals surface area contributed by atoms with Crippen LogP contribution >= 0.6 is 11.3 Å². The normalized spacial score (nSPS) is 24.2. The Kier molecular flexibility index (Phi) is 5.70. The molecule has 1 aromatic rings. The van der Waals surface area contributed by atoms with E-state index < -0.39 is 5.60 Å². The van der Waals surface area contributed by atoms with Gasteiger partial charge in [0.2, 0.25) is 0 Å². The molecule has 0 spiro atoms. The topological polar surface area (TPSA) is 70.6 Å². The van der Waals surface area contributed by atoms with Crippen LogP contribution in [0.2, 0.25) is 0 Å². The average Bonchev–Trinajstić information content (AvgIpc) is 3.12. The van der Waals surface area contributed by atoms with Crippen LogP contribution in [0.1, 0.15) is 39.7 Å². The number of rotatable bonds is 5. The minimum Gasteiger partial charge on any atom is -0.384 e. The van der Waals surface area contributed by atoms with Gasteiger partial charge in [-0.15, -0.1) is 0 Å². The lowest BCUT2D eigenvalue weighted by molar-refractivity contribution is 0.00767. The Morgan fingerprint density at radius 1 is 1.39 bits per heavy atom. The summed E-state index contributed by atoms with van der Waals surface area (Å²) < 4.78 is 5.81. The van der Waals surface area contributed by atoms with Crippen molar-refractivity contribution in [3.05, 3.63) is 22.4 Å². The van der Waals surface area contributed by atoms with E-state index in [0.29, 0.717) is 12.5 Å². The van der Waals surface area contributed by atoms with Crippen molar-refractivity contribution in [3.8, 4) is 0 Å². The van der Waals surface area contributed by atoms with Gasteiger partial charge < -0.3 is 20.5 Å². The van der Waals surface area contributed by atoms with Crippen LogP contribution in [0, 0.1) is 11.3 Å². The fourth-order valence-corrected chi connectivity index (χ4v) is 3.79. The Labute approximate surface area is 142 Å². The van der Waals surface area contributed by atoms with E-state index >= 15 is 0 Å². The Morgan fingerprint density at radius 3 is 2.74 bits per heavy atom. The second kappa shape index (κ2) is 7.20. The van der Waals surface area contributed by atoms with Gasteiger partial charge in [0.15, 0.2) is 0 Å². The number of hydrogen-bond acceptors (Lipinski definition) is 4. The van der Waals surface area contributed by atoms with Gasteiger partial charge in [-0.05, 0) is 41.1 Å². The monoisotopic (exact) mass is 340 g/mol. The maximum atomic E-state index is 12.0. The van der Waals surface area contributed by atoms with Crippen LogP contribution in [0.15, 0.2) is 16.8 Å². The van der Waals surface area contributed by atoms with Crippen LogP contribution < -0.4 is 10.6 Å². The third-order valence-corrected chi connectivity index (χ3v) is 5.01. The summed E-state index contributed by atoms with van der Waals surface area (Å²) in [4.78, 5) is 12.0. The van der Waals surface area contributed by atoms with Gasteiger partial charge in [0.25, 0.3) is 0 Å². The van der Waals surface area contributed by atoms with Crippen LogP contribution in [0.5, 0.6) is 0 Å². The van der Waals surface area contributed by atoms with Crippen LogP contribution in [0.25, 0.3) is 0 Å². The summed E-state index contributed by atoms with van der Waals surface area (Å²) in [6, 6.07) is 1.62. The van der Waals surface area contributed by atoms with E-state index in [4.69, 9.17) is 4.74 Å². The van der Waals surface area contributed by atoms with E-state index in [1.807, 2.05) is 16.8 Å². The summed E-state index contributed by atoms with van der Waals surface area (Å²) >= 11 is 1.53. The van der Waals surface area contributed by atoms with Crippen LogP contribution in [-0.2, 0) is 10.3 Å². The maximum absolute atomic E-state index is 12.0. The highest BCUT2D eigenvalue weighted by Crippen LogP contribution is 2.34. The highest BCUT2D eigenvalue weighted by molar-refractivity contribution is 7.08. The molecule has 130 valence electrons. The Morgan fingerprint density at radius 2 is 2.13 bits per heavy atom. The summed E-state index contributed by atoms with van der Waals surface area (Å²) in [5.41, 5.74) is -0.163. The highest BCUT2D eigenvalue weighted by atomic mass is 32.1. The lowest BCUT2D eigenvalue weighted by Gasteiger charge is -2.31. The van der Waals surface area contributed by atoms with E-state index in [2.05, 4.69) is 31.4 Å². The molecular formula is C17H28N2O3S. The molecule has 5 nitrogen and oxygen atoms in total. The van der Waals surface area contributed by atoms with Gasteiger partial charge in [0.05, 0.1) is 12.6 Å². The second-order valence-electron chi connectivity index (χ2n) is 7.56. The third-order valence-electron chi connectivity index (χ3n) is 4.33. The molecule has 23 heavy (non-hydrogen) atoms. The van der Waals surface area contributed by atoms with Crippen molar-refractivity contribution in [2.24, 2.45) is 11.3 Å². The quantitative estimate of drug-likeness (QED) is 0.772. The fourth-order valence-electron chi connectivity index (χ4n) is 3.01. The van der Waals surface area contributed by atoms with E-state index in [1.54, 1.807) is 6.92 Å². The summed E-state index contributed by atoms with van der Waals surface area (Å²) in [6.07, 6.45) is 1.13. The van der Waals surface area contributed by atoms with Crippen LogP contribution in [0.4, 0.5) is 4.79 Å². The van der Waals surface area contributed by atoms with Gasteiger partial charge in [-0.3, -0.25) is 0 Å². The zero-order valence-corrected chi connectivity index (χ0v) is 15.2. The minimum absolute atomic E-state index is 0.0714. The molecule has 3 unspecified atom stereocenters. The molecule has 2 amide bonds. The standard InChI is InChI=1S/C17H28N2O3S/c1-16(2,3)14-12(5-7-22-14)9-18-15(20)19-11-17(4,21)13-6-8-23-10-13/h6,8,10,12,14,21H,5,7,9,11H2,1-4H3,(H2,18,19,20). The van der Waals surface area contributed by atoms with Gasteiger partial charge in [-0.1, -0.05) is 20.8 Å². The van der Waals surface area contributed by atoms with Gasteiger partial charge in [0, 0.05) is 19.1 Å². The van der Waals surface area contributed by atoms with E-state index in [1.165, 1.54) is 11.3 Å². The largest absolute Gasteiger partial charge is 0.384 e. The SMILES string of the molecule is CC(O)(CNC(=O)NCC1CCOC1C(C)(C)C)c1ccsc1. The molecular weight excluding hydrogens is 312 g/mol. The summed E-state index contributed by atoms with van der Waals surface area (Å²) in [5.74, 6) is 0.332. The molecule has 2 heterocycles. The Balaban J connectivity index is 1.77. The minimum atomic E-state index is -1.05.